The molecule has 16 heavy (non-hydrogen) atoms. The third-order valence-corrected chi connectivity index (χ3v) is 3.29. The molecule has 5 heteroatoms. The van der Waals surface area contributed by atoms with Crippen LogP contribution >= 0.6 is 0 Å². The van der Waals surface area contributed by atoms with Gasteiger partial charge in [-0.25, -0.2) is 4.98 Å². The van der Waals surface area contributed by atoms with Gasteiger partial charge in [-0.15, -0.1) is 0 Å². The van der Waals surface area contributed by atoms with Gasteiger partial charge in [0.25, 0.3) is 5.56 Å². The molecule has 1 fully saturated rings. The molecule has 0 radical (unpaired) electrons. The third-order valence-electron chi connectivity index (χ3n) is 3.29. The first kappa shape index (κ1) is 9.99. The molecule has 0 amide bonds. The van der Waals surface area contributed by atoms with Gasteiger partial charge in [-0.1, -0.05) is 0 Å². The van der Waals surface area contributed by atoms with E-state index in [-0.39, 0.29) is 11.7 Å². The minimum atomic E-state index is -0.0430. The molecular formula is C11H15N3O2. The number of nitrogens with zero attached hydrogens (tertiary/aromatic N) is 1. The Labute approximate surface area is 93.2 Å². The standard InChI is InChI=1S/C11H15N3O2/c1-16-9(6-2-3-6)10-13-8-5-12-4-7(8)11(15)14-10/h6,9,12H,2-5H2,1H3,(H,13,14,15). The number of hydrogen-bond acceptors (Lipinski definition) is 4. The Hall–Kier alpha value is -1.20. The number of hydrogen-bond donors (Lipinski definition) is 2. The second-order valence-corrected chi connectivity index (χ2v) is 4.47. The maximum Gasteiger partial charge on any atom is 0.255 e. The Morgan fingerprint density at radius 1 is 1.44 bits per heavy atom. The summed E-state index contributed by atoms with van der Waals surface area (Å²) in [4.78, 5) is 19.2. The van der Waals surface area contributed by atoms with Crippen molar-refractivity contribution >= 4 is 0 Å². The van der Waals surface area contributed by atoms with E-state index in [0.717, 1.165) is 24.1 Å². The van der Waals surface area contributed by atoms with E-state index < -0.39 is 0 Å². The van der Waals surface area contributed by atoms with E-state index in [0.29, 0.717) is 24.8 Å². The second kappa shape index (κ2) is 3.68. The van der Waals surface area contributed by atoms with Crippen LogP contribution in [0.5, 0.6) is 0 Å². The van der Waals surface area contributed by atoms with E-state index in [1.165, 1.54) is 0 Å². The molecule has 2 heterocycles. The van der Waals surface area contributed by atoms with Crippen molar-refractivity contribution in [1.29, 1.82) is 0 Å². The SMILES string of the molecule is COC(c1nc2c(c(=O)[nH]1)CNC2)C1CC1. The molecule has 0 aromatic carbocycles. The van der Waals surface area contributed by atoms with Crippen molar-refractivity contribution in [3.8, 4) is 0 Å². The number of ether oxygens (including phenoxy) is 1. The topological polar surface area (TPSA) is 67.0 Å². The fourth-order valence-electron chi connectivity index (χ4n) is 2.26. The lowest BCUT2D eigenvalue weighted by atomic mass is 10.2. The van der Waals surface area contributed by atoms with E-state index in [1.54, 1.807) is 7.11 Å². The third kappa shape index (κ3) is 1.56. The predicted molar refractivity (Wildman–Crippen MR) is 57.9 cm³/mol. The molecule has 86 valence electrons. The first-order valence-corrected chi connectivity index (χ1v) is 5.65. The molecule has 5 nitrogen and oxygen atoms in total. The summed E-state index contributed by atoms with van der Waals surface area (Å²) in [6.45, 7) is 1.31. The van der Waals surface area contributed by atoms with Crippen LogP contribution in [0.15, 0.2) is 4.79 Å². The van der Waals surface area contributed by atoms with Gasteiger partial charge in [-0.05, 0) is 18.8 Å². The average Bonchev–Trinajstić information content (AvgIpc) is 2.96. The highest BCUT2D eigenvalue weighted by molar-refractivity contribution is 5.22. The minimum absolute atomic E-state index is 0.0206. The lowest BCUT2D eigenvalue weighted by Crippen LogP contribution is -2.20. The van der Waals surface area contributed by atoms with Crippen molar-refractivity contribution in [2.75, 3.05) is 7.11 Å². The molecule has 2 aliphatic rings. The van der Waals surface area contributed by atoms with Gasteiger partial charge in [0, 0.05) is 20.2 Å². The molecule has 0 spiro atoms. The fraction of sp³-hybridized carbons (Fsp3) is 0.636. The first-order valence-electron chi connectivity index (χ1n) is 5.65. The van der Waals surface area contributed by atoms with Crippen molar-refractivity contribution < 1.29 is 4.74 Å². The molecule has 0 bridgehead atoms. The summed E-state index contributed by atoms with van der Waals surface area (Å²) >= 11 is 0. The lowest BCUT2D eigenvalue weighted by molar-refractivity contribution is 0.0768. The summed E-state index contributed by atoms with van der Waals surface area (Å²) in [7, 11) is 1.68. The number of H-pyrrole nitrogens is 1. The quantitative estimate of drug-likeness (QED) is 0.778. The van der Waals surface area contributed by atoms with Crippen LogP contribution in [0.2, 0.25) is 0 Å². The minimum Gasteiger partial charge on any atom is -0.373 e. The van der Waals surface area contributed by atoms with Gasteiger partial charge < -0.3 is 15.0 Å². The Bertz CT molecular complexity index is 465. The van der Waals surface area contributed by atoms with Crippen LogP contribution in [-0.4, -0.2) is 17.1 Å². The molecule has 1 atom stereocenters. The smallest absolute Gasteiger partial charge is 0.255 e. The summed E-state index contributed by atoms with van der Waals surface area (Å²) in [6.07, 6.45) is 2.29. The molecule has 1 aliphatic heterocycles. The van der Waals surface area contributed by atoms with Crippen LogP contribution in [0.4, 0.5) is 0 Å². The van der Waals surface area contributed by atoms with E-state index in [4.69, 9.17) is 4.74 Å². The highest BCUT2D eigenvalue weighted by atomic mass is 16.5. The fourth-order valence-corrected chi connectivity index (χ4v) is 2.26. The molecule has 1 aromatic heterocycles. The number of methoxy groups -OCH3 is 1. The summed E-state index contributed by atoms with van der Waals surface area (Å²) in [6, 6.07) is 0. The second-order valence-electron chi connectivity index (χ2n) is 4.47. The lowest BCUT2D eigenvalue weighted by Gasteiger charge is -2.14. The normalized spacial score (nSPS) is 20.8. The van der Waals surface area contributed by atoms with Crippen molar-refractivity contribution in [2.45, 2.75) is 32.0 Å². The van der Waals surface area contributed by atoms with Gasteiger partial charge in [0.2, 0.25) is 0 Å². The predicted octanol–water partition coefficient (Wildman–Crippen LogP) is 0.471. The molecule has 3 rings (SSSR count). The maximum atomic E-state index is 11.8. The summed E-state index contributed by atoms with van der Waals surface area (Å²) in [5.41, 5.74) is 1.63. The van der Waals surface area contributed by atoms with Crippen LogP contribution in [0.25, 0.3) is 0 Å². The van der Waals surface area contributed by atoms with Gasteiger partial charge in [0.1, 0.15) is 11.9 Å². The molecule has 0 saturated heterocycles. The Balaban J connectivity index is 2.01. The molecular weight excluding hydrogens is 206 g/mol. The number of nitrogens with one attached hydrogen (secondary N) is 2. The van der Waals surface area contributed by atoms with Crippen LogP contribution < -0.4 is 10.9 Å². The van der Waals surface area contributed by atoms with Gasteiger partial charge in [-0.2, -0.15) is 0 Å². The largest absolute Gasteiger partial charge is 0.373 e. The first-order chi connectivity index (χ1) is 7.79. The molecule has 1 aliphatic carbocycles. The Kier molecular flexibility index (Phi) is 2.29. The van der Waals surface area contributed by atoms with E-state index in [2.05, 4.69) is 15.3 Å². The van der Waals surface area contributed by atoms with Crippen molar-refractivity contribution in [2.24, 2.45) is 5.92 Å². The molecule has 2 N–H and O–H groups in total. The van der Waals surface area contributed by atoms with Crippen LogP contribution in [0, 0.1) is 5.92 Å². The summed E-state index contributed by atoms with van der Waals surface area (Å²) in [5, 5.41) is 3.13. The molecule has 1 aromatic rings. The van der Waals surface area contributed by atoms with E-state index in [9.17, 15) is 4.79 Å². The average molecular weight is 221 g/mol. The summed E-state index contributed by atoms with van der Waals surface area (Å²) in [5.74, 6) is 1.22. The van der Waals surface area contributed by atoms with E-state index in [1.807, 2.05) is 0 Å². The summed E-state index contributed by atoms with van der Waals surface area (Å²) < 4.78 is 5.42. The highest BCUT2D eigenvalue weighted by Gasteiger charge is 2.34. The van der Waals surface area contributed by atoms with Crippen LogP contribution in [0.3, 0.4) is 0 Å². The van der Waals surface area contributed by atoms with E-state index >= 15 is 0 Å². The zero-order valence-electron chi connectivity index (χ0n) is 9.25. The van der Waals surface area contributed by atoms with Crippen LogP contribution in [-0.2, 0) is 17.8 Å². The van der Waals surface area contributed by atoms with Gasteiger partial charge in [0.05, 0.1) is 11.3 Å². The van der Waals surface area contributed by atoms with Gasteiger partial charge in [-0.3, -0.25) is 4.79 Å². The Morgan fingerprint density at radius 3 is 2.94 bits per heavy atom. The van der Waals surface area contributed by atoms with Gasteiger partial charge >= 0.3 is 0 Å². The highest BCUT2D eigenvalue weighted by Crippen LogP contribution is 2.41. The number of fused-ring (bicyclic) bond motifs is 1. The van der Waals surface area contributed by atoms with Gasteiger partial charge in [0.15, 0.2) is 0 Å². The van der Waals surface area contributed by atoms with Crippen molar-refractivity contribution in [1.82, 2.24) is 15.3 Å². The number of aromatic nitrogens is 2. The molecule has 1 saturated carbocycles. The maximum absolute atomic E-state index is 11.8. The number of rotatable bonds is 3. The van der Waals surface area contributed by atoms with Crippen molar-refractivity contribution in [3.63, 3.8) is 0 Å². The number of aromatic amines is 1. The van der Waals surface area contributed by atoms with Crippen molar-refractivity contribution in [3.05, 3.63) is 27.4 Å². The zero-order chi connectivity index (χ0) is 11.1. The zero-order valence-corrected chi connectivity index (χ0v) is 9.25. The molecule has 1 unspecified atom stereocenters. The Morgan fingerprint density at radius 2 is 2.25 bits per heavy atom. The monoisotopic (exact) mass is 221 g/mol. The van der Waals surface area contributed by atoms with Crippen LogP contribution in [0.1, 0.15) is 36.0 Å².